The van der Waals surface area contributed by atoms with Gasteiger partial charge in [0.1, 0.15) is 0 Å². The number of unbranched alkanes of at least 4 members (excludes halogenated alkanes) is 4. The molecule has 1 heterocycles. The summed E-state index contributed by atoms with van der Waals surface area (Å²) in [5.74, 6) is -0.185. The monoisotopic (exact) mass is 378 g/mol. The quantitative estimate of drug-likeness (QED) is 0.400. The molecule has 3 nitrogen and oxygen atoms in total. The minimum absolute atomic E-state index is 0.221. The molecule has 146 valence electrons. The maximum absolute atomic E-state index is 13.9. The molecule has 0 amide bonds. The molecule has 0 unspecified atom stereocenters. The molecule has 4 heteroatoms. The van der Waals surface area contributed by atoms with Gasteiger partial charge < -0.3 is 4.74 Å². The Balaban J connectivity index is 1.64. The Morgan fingerprint density at radius 1 is 0.821 bits per heavy atom. The Morgan fingerprint density at radius 3 is 2.07 bits per heavy atom. The summed E-state index contributed by atoms with van der Waals surface area (Å²) in [6.07, 6.45) is 11.0. The van der Waals surface area contributed by atoms with E-state index < -0.39 is 5.82 Å². The van der Waals surface area contributed by atoms with E-state index in [9.17, 15) is 4.39 Å². The molecule has 1 aromatic heterocycles. The smallest absolute Gasteiger partial charge is 0.165 e. The van der Waals surface area contributed by atoms with E-state index in [1.54, 1.807) is 24.5 Å². The molecule has 0 saturated carbocycles. The van der Waals surface area contributed by atoms with Crippen LogP contribution in [0.5, 0.6) is 5.75 Å². The first kappa shape index (κ1) is 20.0. The molecule has 0 spiro atoms. The van der Waals surface area contributed by atoms with Crippen LogP contribution in [0.25, 0.3) is 22.5 Å². The lowest BCUT2D eigenvalue weighted by atomic mass is 10.0. The van der Waals surface area contributed by atoms with Crippen LogP contribution in [-0.2, 0) is 6.42 Å². The summed E-state index contributed by atoms with van der Waals surface area (Å²) in [5, 5.41) is 0. The van der Waals surface area contributed by atoms with Crippen molar-refractivity contribution in [1.29, 1.82) is 0 Å². The second-order valence-corrected chi connectivity index (χ2v) is 7.00. The maximum Gasteiger partial charge on any atom is 0.165 e. The van der Waals surface area contributed by atoms with E-state index in [0.29, 0.717) is 11.3 Å². The summed E-state index contributed by atoms with van der Waals surface area (Å²) >= 11 is 0. The number of aryl methyl sites for hydroxylation is 1. The van der Waals surface area contributed by atoms with Gasteiger partial charge in [0.15, 0.2) is 11.6 Å². The lowest BCUT2D eigenvalue weighted by Gasteiger charge is -2.07. The summed E-state index contributed by atoms with van der Waals surface area (Å²) < 4.78 is 18.8. The summed E-state index contributed by atoms with van der Waals surface area (Å²) in [6.45, 7) is 2.24. The molecule has 2 aromatic carbocycles. The highest BCUT2D eigenvalue weighted by molar-refractivity contribution is 5.63. The van der Waals surface area contributed by atoms with Gasteiger partial charge >= 0.3 is 0 Å². The topological polar surface area (TPSA) is 35.0 Å². The summed E-state index contributed by atoms with van der Waals surface area (Å²) in [4.78, 5) is 8.96. The number of hydrogen-bond acceptors (Lipinski definition) is 3. The Hall–Kier alpha value is -2.75. The summed E-state index contributed by atoms with van der Waals surface area (Å²) in [5.41, 5.74) is 4.52. The van der Waals surface area contributed by atoms with Gasteiger partial charge in [0.05, 0.1) is 30.9 Å². The van der Waals surface area contributed by atoms with Crippen molar-refractivity contribution in [2.75, 3.05) is 7.11 Å². The normalized spacial score (nSPS) is 10.8. The van der Waals surface area contributed by atoms with Crippen LogP contribution in [0.15, 0.2) is 54.9 Å². The van der Waals surface area contributed by atoms with Gasteiger partial charge in [0.2, 0.25) is 0 Å². The van der Waals surface area contributed by atoms with E-state index in [-0.39, 0.29) is 5.75 Å². The van der Waals surface area contributed by atoms with E-state index in [0.717, 1.165) is 17.7 Å². The van der Waals surface area contributed by atoms with E-state index in [1.807, 2.05) is 0 Å². The van der Waals surface area contributed by atoms with Crippen molar-refractivity contribution in [2.24, 2.45) is 0 Å². The fraction of sp³-hybridized carbons (Fsp3) is 0.333. The highest BCUT2D eigenvalue weighted by Gasteiger charge is 2.08. The average molecular weight is 378 g/mol. The minimum Gasteiger partial charge on any atom is -0.494 e. The van der Waals surface area contributed by atoms with Crippen LogP contribution >= 0.6 is 0 Å². The zero-order chi connectivity index (χ0) is 19.8. The number of benzene rings is 2. The van der Waals surface area contributed by atoms with Crippen LogP contribution in [0.4, 0.5) is 4.39 Å². The lowest BCUT2D eigenvalue weighted by molar-refractivity contribution is 0.386. The first-order chi connectivity index (χ1) is 13.7. The fourth-order valence-electron chi connectivity index (χ4n) is 3.23. The van der Waals surface area contributed by atoms with Gasteiger partial charge in [0.25, 0.3) is 0 Å². The third kappa shape index (κ3) is 5.16. The fourth-order valence-corrected chi connectivity index (χ4v) is 3.23. The molecule has 3 aromatic rings. The number of halogens is 1. The molecular formula is C24H27FN2O. The summed E-state index contributed by atoms with van der Waals surface area (Å²) in [6, 6.07) is 13.3. The van der Waals surface area contributed by atoms with Crippen LogP contribution in [0.1, 0.15) is 44.6 Å². The lowest BCUT2D eigenvalue weighted by Crippen LogP contribution is -1.92. The first-order valence-electron chi connectivity index (χ1n) is 9.96. The average Bonchev–Trinajstić information content (AvgIpc) is 2.74. The molecule has 0 radical (unpaired) electrons. The highest BCUT2D eigenvalue weighted by atomic mass is 19.1. The van der Waals surface area contributed by atoms with Crippen molar-refractivity contribution in [3.8, 4) is 28.3 Å². The van der Waals surface area contributed by atoms with E-state index >= 15 is 0 Å². The minimum atomic E-state index is -0.406. The molecule has 0 bridgehead atoms. The Bertz CT molecular complexity index is 876. The van der Waals surface area contributed by atoms with Crippen LogP contribution in [0.3, 0.4) is 0 Å². The van der Waals surface area contributed by atoms with Crippen molar-refractivity contribution in [3.63, 3.8) is 0 Å². The first-order valence-corrected chi connectivity index (χ1v) is 9.96. The SMILES string of the molecule is CCCCCCCc1ccc(-c2cnc(-c3ccc(OC)c(F)c3)cn2)cc1. The predicted octanol–water partition coefficient (Wildman–Crippen LogP) is 6.47. The van der Waals surface area contributed by atoms with Crippen LogP contribution in [0.2, 0.25) is 0 Å². The van der Waals surface area contributed by atoms with Crippen molar-refractivity contribution in [1.82, 2.24) is 9.97 Å². The van der Waals surface area contributed by atoms with Gasteiger partial charge in [-0.2, -0.15) is 0 Å². The van der Waals surface area contributed by atoms with Crippen LogP contribution < -0.4 is 4.74 Å². The predicted molar refractivity (Wildman–Crippen MR) is 112 cm³/mol. The van der Waals surface area contributed by atoms with Crippen molar-refractivity contribution >= 4 is 0 Å². The number of aromatic nitrogens is 2. The molecule has 0 fully saturated rings. The number of rotatable bonds is 9. The molecule has 0 aliphatic carbocycles. The molecule has 0 saturated heterocycles. The van der Waals surface area contributed by atoms with Gasteiger partial charge in [0, 0.05) is 11.1 Å². The number of nitrogens with zero attached hydrogens (tertiary/aromatic N) is 2. The molecular weight excluding hydrogens is 351 g/mol. The largest absolute Gasteiger partial charge is 0.494 e. The maximum atomic E-state index is 13.9. The molecule has 0 N–H and O–H groups in total. The third-order valence-corrected chi connectivity index (χ3v) is 4.92. The Labute approximate surface area is 166 Å². The van der Waals surface area contributed by atoms with Crippen LogP contribution in [-0.4, -0.2) is 17.1 Å². The van der Waals surface area contributed by atoms with Gasteiger partial charge in [-0.1, -0.05) is 56.9 Å². The standard InChI is InChI=1S/C24H27FN2O/c1-3-4-5-6-7-8-18-9-11-19(12-10-18)22-16-27-23(17-26-22)20-13-14-24(28-2)21(25)15-20/h9-17H,3-8H2,1-2H3. The van der Waals surface area contributed by atoms with Gasteiger partial charge in [-0.15, -0.1) is 0 Å². The second kappa shape index (κ2) is 9.98. The highest BCUT2D eigenvalue weighted by Crippen LogP contribution is 2.25. The van der Waals surface area contributed by atoms with E-state index in [4.69, 9.17) is 4.74 Å². The van der Waals surface area contributed by atoms with Crippen molar-refractivity contribution in [2.45, 2.75) is 45.4 Å². The molecule has 3 rings (SSSR count). The number of methoxy groups -OCH3 is 1. The Kier molecular flexibility index (Phi) is 7.12. The summed E-state index contributed by atoms with van der Waals surface area (Å²) in [7, 11) is 1.45. The van der Waals surface area contributed by atoms with Crippen molar-refractivity contribution < 1.29 is 9.13 Å². The molecule has 0 aliphatic rings. The third-order valence-electron chi connectivity index (χ3n) is 4.92. The number of ether oxygens (including phenoxy) is 1. The molecule has 0 aliphatic heterocycles. The van der Waals surface area contributed by atoms with Gasteiger partial charge in [-0.3, -0.25) is 9.97 Å². The van der Waals surface area contributed by atoms with Gasteiger partial charge in [-0.05, 0) is 36.6 Å². The second-order valence-electron chi connectivity index (χ2n) is 7.00. The van der Waals surface area contributed by atoms with Crippen molar-refractivity contribution in [3.05, 3.63) is 66.2 Å². The molecule has 0 atom stereocenters. The number of hydrogen-bond donors (Lipinski definition) is 0. The Morgan fingerprint density at radius 2 is 1.46 bits per heavy atom. The van der Waals surface area contributed by atoms with Crippen LogP contribution in [0, 0.1) is 5.82 Å². The molecule has 28 heavy (non-hydrogen) atoms. The van der Waals surface area contributed by atoms with Gasteiger partial charge in [-0.25, -0.2) is 4.39 Å². The van der Waals surface area contributed by atoms with E-state index in [1.165, 1.54) is 50.8 Å². The zero-order valence-electron chi connectivity index (χ0n) is 16.6. The van der Waals surface area contributed by atoms with E-state index in [2.05, 4.69) is 41.2 Å². The zero-order valence-corrected chi connectivity index (χ0v) is 16.6.